The maximum absolute atomic E-state index is 10.1. The third-order valence-electron chi connectivity index (χ3n) is 2.54. The number of rotatable bonds is 2. The van der Waals surface area contributed by atoms with E-state index in [1.165, 1.54) is 0 Å². The predicted octanol–water partition coefficient (Wildman–Crippen LogP) is 3.93. The van der Waals surface area contributed by atoms with Crippen LogP contribution in [-0.2, 0) is 0 Å². The van der Waals surface area contributed by atoms with Crippen molar-refractivity contribution >= 4 is 39.9 Å². The molecule has 0 bridgehead atoms. The maximum Gasteiger partial charge on any atom is 0.0781 e. The molecule has 0 aliphatic carbocycles. The molecule has 0 unspecified atom stereocenters. The predicted molar refractivity (Wildman–Crippen MR) is 78.8 cm³/mol. The molecule has 17 heavy (non-hydrogen) atoms. The molecule has 1 aromatic carbocycles. The van der Waals surface area contributed by atoms with Gasteiger partial charge in [-0.05, 0) is 29.2 Å². The lowest BCUT2D eigenvalue weighted by atomic mass is 9.82. The number of hydrogen-bond acceptors (Lipinski definition) is 2. The van der Waals surface area contributed by atoms with E-state index >= 15 is 0 Å². The monoisotopic (exact) mass is 341 g/mol. The summed E-state index contributed by atoms with van der Waals surface area (Å²) in [7, 11) is 0. The minimum absolute atomic E-state index is 0. The van der Waals surface area contributed by atoms with E-state index in [4.69, 9.17) is 17.3 Å². The molecule has 0 saturated carbocycles. The second-order valence-corrected chi connectivity index (χ2v) is 6.33. The molecule has 3 N–H and O–H groups in total. The number of benzene rings is 1. The summed E-state index contributed by atoms with van der Waals surface area (Å²) in [4.78, 5) is 0. The van der Waals surface area contributed by atoms with Gasteiger partial charge in [0.2, 0.25) is 0 Å². The fourth-order valence-corrected chi connectivity index (χ4v) is 2.10. The molecule has 1 aromatic rings. The van der Waals surface area contributed by atoms with Crippen LogP contribution in [0.4, 0.5) is 0 Å². The molecule has 98 valence electrons. The summed E-state index contributed by atoms with van der Waals surface area (Å²) >= 11 is 9.44. The molecule has 0 aliphatic heterocycles. The van der Waals surface area contributed by atoms with Gasteiger partial charge in [-0.15, -0.1) is 12.4 Å². The number of aliphatic hydroxyl groups excluding tert-OH is 1. The van der Waals surface area contributed by atoms with Crippen LogP contribution in [-0.4, -0.2) is 11.2 Å². The van der Waals surface area contributed by atoms with Crippen LogP contribution in [0.3, 0.4) is 0 Å². The van der Waals surface area contributed by atoms with Crippen molar-refractivity contribution in [2.24, 2.45) is 11.1 Å². The largest absolute Gasteiger partial charge is 0.391 e. The Kier molecular flexibility index (Phi) is 6.47. The lowest BCUT2D eigenvalue weighted by Crippen LogP contribution is -2.37. The van der Waals surface area contributed by atoms with Gasteiger partial charge < -0.3 is 10.8 Å². The van der Waals surface area contributed by atoms with Crippen molar-refractivity contribution in [2.45, 2.75) is 32.9 Å². The number of hydrogen-bond donors (Lipinski definition) is 2. The van der Waals surface area contributed by atoms with E-state index in [-0.39, 0.29) is 17.8 Å². The number of nitrogens with two attached hydrogens (primary N) is 1. The van der Waals surface area contributed by atoms with Crippen molar-refractivity contribution in [1.82, 2.24) is 0 Å². The SMILES string of the molecule is CC(C)(C)[C@@H](O)[C@@H](N)c1cc(Br)ccc1Cl.Cl. The van der Waals surface area contributed by atoms with E-state index in [9.17, 15) is 5.11 Å². The lowest BCUT2D eigenvalue weighted by molar-refractivity contribution is 0.0401. The van der Waals surface area contributed by atoms with Crippen LogP contribution in [0.5, 0.6) is 0 Å². The first-order chi connectivity index (χ1) is 7.23. The van der Waals surface area contributed by atoms with E-state index in [2.05, 4.69) is 15.9 Å². The molecule has 0 fully saturated rings. The van der Waals surface area contributed by atoms with Crippen LogP contribution < -0.4 is 5.73 Å². The Labute approximate surface area is 122 Å². The van der Waals surface area contributed by atoms with Gasteiger partial charge in [-0.1, -0.05) is 48.3 Å². The summed E-state index contributed by atoms with van der Waals surface area (Å²) in [6.07, 6.45) is -0.640. The van der Waals surface area contributed by atoms with Crippen molar-refractivity contribution in [3.8, 4) is 0 Å². The molecular formula is C12H18BrCl2NO. The Morgan fingerprint density at radius 1 is 1.35 bits per heavy atom. The molecule has 5 heteroatoms. The van der Waals surface area contributed by atoms with Gasteiger partial charge in [0.15, 0.2) is 0 Å². The van der Waals surface area contributed by atoms with Crippen molar-refractivity contribution in [2.75, 3.05) is 0 Å². The highest BCUT2D eigenvalue weighted by Gasteiger charge is 2.30. The van der Waals surface area contributed by atoms with Crippen LogP contribution in [0, 0.1) is 5.41 Å². The van der Waals surface area contributed by atoms with Crippen LogP contribution in [0.15, 0.2) is 22.7 Å². The Bertz CT molecular complexity index is 379. The molecule has 2 atom stereocenters. The van der Waals surface area contributed by atoms with Gasteiger partial charge in [0, 0.05) is 9.50 Å². The molecule has 0 aliphatic rings. The van der Waals surface area contributed by atoms with Gasteiger partial charge in [0.25, 0.3) is 0 Å². The highest BCUT2D eigenvalue weighted by molar-refractivity contribution is 9.10. The molecule has 1 rings (SSSR count). The Morgan fingerprint density at radius 2 is 1.88 bits per heavy atom. The van der Waals surface area contributed by atoms with Gasteiger partial charge in [-0.2, -0.15) is 0 Å². The average Bonchev–Trinajstić information content (AvgIpc) is 2.18. The van der Waals surface area contributed by atoms with Crippen molar-refractivity contribution in [3.05, 3.63) is 33.3 Å². The van der Waals surface area contributed by atoms with Crippen LogP contribution in [0.1, 0.15) is 32.4 Å². The Hall–Kier alpha value is 0.200. The standard InChI is InChI=1S/C12H17BrClNO.ClH/c1-12(2,3)11(16)10(15)8-6-7(13)4-5-9(8)14;/h4-6,10-11,16H,15H2,1-3H3;1H/t10-,11-;/m0./s1. The van der Waals surface area contributed by atoms with Gasteiger partial charge in [0.05, 0.1) is 12.1 Å². The molecule has 0 saturated heterocycles. The minimum Gasteiger partial charge on any atom is -0.391 e. The van der Waals surface area contributed by atoms with E-state index in [1.807, 2.05) is 32.9 Å². The zero-order chi connectivity index (χ0) is 12.5. The average molecular weight is 343 g/mol. The first-order valence-corrected chi connectivity index (χ1v) is 6.29. The topological polar surface area (TPSA) is 46.2 Å². The highest BCUT2D eigenvalue weighted by Crippen LogP contribution is 2.33. The fraction of sp³-hybridized carbons (Fsp3) is 0.500. The Balaban J connectivity index is 0.00000256. The summed E-state index contributed by atoms with van der Waals surface area (Å²) in [6.45, 7) is 5.84. The summed E-state index contributed by atoms with van der Waals surface area (Å²) in [5, 5.41) is 10.7. The van der Waals surface area contributed by atoms with Crippen molar-refractivity contribution in [3.63, 3.8) is 0 Å². The molecule has 0 spiro atoms. The zero-order valence-corrected chi connectivity index (χ0v) is 13.2. The van der Waals surface area contributed by atoms with E-state index in [0.717, 1.165) is 10.0 Å². The van der Waals surface area contributed by atoms with Gasteiger partial charge >= 0.3 is 0 Å². The highest BCUT2D eigenvalue weighted by atomic mass is 79.9. The van der Waals surface area contributed by atoms with Crippen molar-refractivity contribution in [1.29, 1.82) is 0 Å². The molecule has 0 aromatic heterocycles. The molecule has 0 amide bonds. The second-order valence-electron chi connectivity index (χ2n) is 5.00. The number of halogens is 3. The molecule has 0 heterocycles. The fourth-order valence-electron chi connectivity index (χ4n) is 1.48. The first kappa shape index (κ1) is 17.2. The third-order valence-corrected chi connectivity index (χ3v) is 3.38. The van der Waals surface area contributed by atoms with Gasteiger partial charge in [-0.3, -0.25) is 0 Å². The summed E-state index contributed by atoms with van der Waals surface area (Å²) < 4.78 is 0.906. The van der Waals surface area contributed by atoms with Crippen LogP contribution >= 0.6 is 39.9 Å². The van der Waals surface area contributed by atoms with E-state index in [0.29, 0.717) is 5.02 Å². The minimum atomic E-state index is -0.640. The van der Waals surface area contributed by atoms with E-state index < -0.39 is 12.1 Å². The molecular weight excluding hydrogens is 325 g/mol. The quantitative estimate of drug-likeness (QED) is 0.855. The number of aliphatic hydroxyl groups is 1. The second kappa shape index (κ2) is 6.39. The first-order valence-electron chi connectivity index (χ1n) is 5.12. The van der Waals surface area contributed by atoms with Crippen LogP contribution in [0.25, 0.3) is 0 Å². The lowest BCUT2D eigenvalue weighted by Gasteiger charge is -2.31. The maximum atomic E-state index is 10.1. The van der Waals surface area contributed by atoms with Crippen molar-refractivity contribution < 1.29 is 5.11 Å². The summed E-state index contributed by atoms with van der Waals surface area (Å²) in [5.74, 6) is 0. The smallest absolute Gasteiger partial charge is 0.0781 e. The Morgan fingerprint density at radius 3 is 2.35 bits per heavy atom. The summed E-state index contributed by atoms with van der Waals surface area (Å²) in [5.41, 5.74) is 6.53. The normalized spacial score (nSPS) is 15.0. The third kappa shape index (κ3) is 4.42. The van der Waals surface area contributed by atoms with Crippen LogP contribution in [0.2, 0.25) is 5.02 Å². The van der Waals surface area contributed by atoms with E-state index in [1.54, 1.807) is 6.07 Å². The summed E-state index contributed by atoms with van der Waals surface area (Å²) in [6, 6.07) is 4.99. The van der Waals surface area contributed by atoms with Gasteiger partial charge in [0.1, 0.15) is 0 Å². The molecule has 0 radical (unpaired) electrons. The van der Waals surface area contributed by atoms with Gasteiger partial charge in [-0.25, -0.2) is 0 Å². The molecule has 2 nitrogen and oxygen atoms in total. The zero-order valence-electron chi connectivity index (χ0n) is 10.1.